The van der Waals surface area contributed by atoms with Crippen molar-refractivity contribution in [2.45, 2.75) is 13.0 Å². The number of methoxy groups -OCH3 is 1. The number of esters is 1. The van der Waals surface area contributed by atoms with Crippen LogP contribution in [-0.2, 0) is 9.53 Å². The first-order valence-electron chi connectivity index (χ1n) is 5.38. The van der Waals surface area contributed by atoms with Gasteiger partial charge in [-0.2, -0.15) is 0 Å². The zero-order chi connectivity index (χ0) is 12.3. The van der Waals surface area contributed by atoms with E-state index in [0.717, 1.165) is 0 Å². The third kappa shape index (κ3) is 2.43. The second-order valence-corrected chi connectivity index (χ2v) is 3.48. The van der Waals surface area contributed by atoms with Gasteiger partial charge in [-0.1, -0.05) is 0 Å². The normalized spacial score (nSPS) is 17.4. The number of rotatable bonds is 3. The predicted molar refractivity (Wildman–Crippen MR) is 59.5 cm³/mol. The summed E-state index contributed by atoms with van der Waals surface area (Å²) in [4.78, 5) is 11.5. The summed E-state index contributed by atoms with van der Waals surface area (Å²) in [5.41, 5.74) is 0. The number of fused-ring (bicyclic) bond motifs is 1. The maximum atomic E-state index is 11.5. The Balaban J connectivity index is 2.11. The summed E-state index contributed by atoms with van der Waals surface area (Å²) in [7, 11) is 1.58. The molecular weight excluding hydrogens is 224 g/mol. The van der Waals surface area contributed by atoms with Gasteiger partial charge in [0.15, 0.2) is 11.5 Å². The lowest BCUT2D eigenvalue weighted by atomic mass is 10.2. The summed E-state index contributed by atoms with van der Waals surface area (Å²) >= 11 is 0. The molecule has 0 radical (unpaired) electrons. The Morgan fingerprint density at radius 2 is 2.29 bits per heavy atom. The molecule has 1 aromatic rings. The Hall–Kier alpha value is -1.91. The summed E-state index contributed by atoms with van der Waals surface area (Å²) in [5, 5.41) is 0. The SMILES string of the molecule is CCOC(=O)C1COc2cc(OC)ccc2O1. The van der Waals surface area contributed by atoms with E-state index >= 15 is 0 Å². The average molecular weight is 238 g/mol. The van der Waals surface area contributed by atoms with Crippen molar-refractivity contribution in [3.05, 3.63) is 18.2 Å². The lowest BCUT2D eigenvalue weighted by molar-refractivity contribution is -0.153. The molecule has 1 aromatic carbocycles. The fourth-order valence-corrected chi connectivity index (χ4v) is 1.53. The largest absolute Gasteiger partial charge is 0.497 e. The molecule has 17 heavy (non-hydrogen) atoms. The van der Waals surface area contributed by atoms with E-state index in [9.17, 15) is 4.79 Å². The molecule has 1 unspecified atom stereocenters. The topological polar surface area (TPSA) is 54.0 Å². The standard InChI is InChI=1S/C12H14O5/c1-3-15-12(13)11-7-16-10-6-8(14-2)4-5-9(10)17-11/h4-6,11H,3,7H2,1-2H3. The van der Waals surface area contributed by atoms with Crippen molar-refractivity contribution in [2.75, 3.05) is 20.3 Å². The number of benzene rings is 1. The first-order chi connectivity index (χ1) is 8.24. The van der Waals surface area contributed by atoms with E-state index in [1.165, 1.54) is 0 Å². The van der Waals surface area contributed by atoms with Crippen LogP contribution >= 0.6 is 0 Å². The van der Waals surface area contributed by atoms with Gasteiger partial charge in [-0.25, -0.2) is 4.79 Å². The van der Waals surface area contributed by atoms with Crippen LogP contribution < -0.4 is 14.2 Å². The van der Waals surface area contributed by atoms with Gasteiger partial charge in [0.2, 0.25) is 6.10 Å². The molecule has 5 nitrogen and oxygen atoms in total. The van der Waals surface area contributed by atoms with Crippen molar-refractivity contribution in [3.8, 4) is 17.2 Å². The molecule has 0 bridgehead atoms. The number of ether oxygens (including phenoxy) is 4. The highest BCUT2D eigenvalue weighted by atomic mass is 16.6. The van der Waals surface area contributed by atoms with Gasteiger partial charge in [0.1, 0.15) is 12.4 Å². The number of hydrogen-bond donors (Lipinski definition) is 0. The molecule has 0 fully saturated rings. The van der Waals surface area contributed by atoms with Gasteiger partial charge in [0.25, 0.3) is 0 Å². The monoisotopic (exact) mass is 238 g/mol. The summed E-state index contributed by atoms with van der Waals surface area (Å²) in [6.07, 6.45) is -0.698. The highest BCUT2D eigenvalue weighted by molar-refractivity contribution is 5.76. The van der Waals surface area contributed by atoms with Crippen molar-refractivity contribution in [1.29, 1.82) is 0 Å². The fraction of sp³-hybridized carbons (Fsp3) is 0.417. The molecule has 92 valence electrons. The summed E-state index contributed by atoms with van der Waals surface area (Å²) in [6.45, 7) is 2.23. The second kappa shape index (κ2) is 4.95. The van der Waals surface area contributed by atoms with Crippen LogP contribution in [0, 0.1) is 0 Å². The maximum absolute atomic E-state index is 11.5. The molecule has 0 spiro atoms. The Morgan fingerprint density at radius 1 is 1.47 bits per heavy atom. The van der Waals surface area contributed by atoms with Crippen LogP contribution in [0.3, 0.4) is 0 Å². The summed E-state index contributed by atoms with van der Waals surface area (Å²) < 4.78 is 20.9. The Kier molecular flexibility index (Phi) is 3.37. The van der Waals surface area contributed by atoms with E-state index in [1.54, 1.807) is 32.2 Å². The highest BCUT2D eigenvalue weighted by Crippen LogP contribution is 2.35. The molecule has 2 rings (SSSR count). The number of carbonyl (C=O) groups is 1. The van der Waals surface area contributed by atoms with Crippen LogP contribution in [0.15, 0.2) is 18.2 Å². The average Bonchev–Trinajstić information content (AvgIpc) is 2.37. The summed E-state index contributed by atoms with van der Waals surface area (Å²) in [5.74, 6) is 1.37. The number of hydrogen-bond acceptors (Lipinski definition) is 5. The van der Waals surface area contributed by atoms with Gasteiger partial charge in [-0.3, -0.25) is 0 Å². The minimum atomic E-state index is -0.698. The molecule has 5 heteroatoms. The lowest BCUT2D eigenvalue weighted by Gasteiger charge is -2.25. The first kappa shape index (κ1) is 11.6. The van der Waals surface area contributed by atoms with Gasteiger partial charge >= 0.3 is 5.97 Å². The highest BCUT2D eigenvalue weighted by Gasteiger charge is 2.28. The smallest absolute Gasteiger partial charge is 0.350 e. The maximum Gasteiger partial charge on any atom is 0.350 e. The molecule has 0 aromatic heterocycles. The molecular formula is C12H14O5. The van der Waals surface area contributed by atoms with Crippen LogP contribution in [0.1, 0.15) is 6.92 Å². The van der Waals surface area contributed by atoms with Crippen LogP contribution in [0.5, 0.6) is 17.2 Å². The van der Waals surface area contributed by atoms with E-state index in [2.05, 4.69) is 0 Å². The van der Waals surface area contributed by atoms with Gasteiger partial charge in [-0.15, -0.1) is 0 Å². The predicted octanol–water partition coefficient (Wildman–Crippen LogP) is 1.40. The number of carbonyl (C=O) groups excluding carboxylic acids is 1. The van der Waals surface area contributed by atoms with Crippen molar-refractivity contribution < 1.29 is 23.7 Å². The molecule has 0 N–H and O–H groups in total. The van der Waals surface area contributed by atoms with E-state index in [0.29, 0.717) is 23.9 Å². The Bertz CT molecular complexity index is 415. The van der Waals surface area contributed by atoms with Crippen molar-refractivity contribution in [2.24, 2.45) is 0 Å². The third-order valence-corrected chi connectivity index (χ3v) is 2.36. The zero-order valence-electron chi connectivity index (χ0n) is 9.76. The van der Waals surface area contributed by atoms with Crippen LogP contribution in [0.4, 0.5) is 0 Å². The Labute approximate surface area is 99.2 Å². The minimum Gasteiger partial charge on any atom is -0.497 e. The van der Waals surface area contributed by atoms with Gasteiger partial charge in [-0.05, 0) is 19.1 Å². The quantitative estimate of drug-likeness (QED) is 0.745. The van der Waals surface area contributed by atoms with E-state index in [1.807, 2.05) is 0 Å². The Morgan fingerprint density at radius 3 is 3.00 bits per heavy atom. The van der Waals surface area contributed by atoms with Crippen LogP contribution in [0.2, 0.25) is 0 Å². The molecule has 1 aliphatic heterocycles. The third-order valence-electron chi connectivity index (χ3n) is 2.36. The molecule has 0 saturated carbocycles. The van der Waals surface area contributed by atoms with Crippen LogP contribution in [-0.4, -0.2) is 32.4 Å². The lowest BCUT2D eigenvalue weighted by Crippen LogP contribution is -2.37. The van der Waals surface area contributed by atoms with Gasteiger partial charge in [0, 0.05) is 6.07 Å². The molecule has 0 amide bonds. The molecule has 1 atom stereocenters. The van der Waals surface area contributed by atoms with E-state index < -0.39 is 12.1 Å². The summed E-state index contributed by atoms with van der Waals surface area (Å²) in [6, 6.07) is 5.17. The van der Waals surface area contributed by atoms with E-state index in [-0.39, 0.29) is 6.61 Å². The zero-order valence-corrected chi connectivity index (χ0v) is 9.76. The second-order valence-electron chi connectivity index (χ2n) is 3.48. The molecule has 0 aliphatic carbocycles. The molecule has 1 aliphatic rings. The minimum absolute atomic E-state index is 0.152. The van der Waals surface area contributed by atoms with Gasteiger partial charge in [0.05, 0.1) is 13.7 Å². The fourth-order valence-electron chi connectivity index (χ4n) is 1.53. The van der Waals surface area contributed by atoms with Crippen molar-refractivity contribution in [3.63, 3.8) is 0 Å². The molecule has 1 heterocycles. The van der Waals surface area contributed by atoms with Crippen LogP contribution in [0.25, 0.3) is 0 Å². The van der Waals surface area contributed by atoms with Gasteiger partial charge < -0.3 is 18.9 Å². The van der Waals surface area contributed by atoms with Crippen molar-refractivity contribution >= 4 is 5.97 Å². The first-order valence-corrected chi connectivity index (χ1v) is 5.38. The van der Waals surface area contributed by atoms with E-state index in [4.69, 9.17) is 18.9 Å². The molecule has 0 saturated heterocycles. The van der Waals surface area contributed by atoms with Crippen molar-refractivity contribution in [1.82, 2.24) is 0 Å².